The van der Waals surface area contributed by atoms with E-state index in [9.17, 15) is 0 Å². The molecule has 1 aliphatic rings. The maximum atomic E-state index is 4.36. The van der Waals surface area contributed by atoms with E-state index in [0.29, 0.717) is 12.1 Å². The summed E-state index contributed by atoms with van der Waals surface area (Å²) in [7, 11) is 1.97. The minimum absolute atomic E-state index is 0.289. The average Bonchev–Trinajstić information content (AvgIpc) is 2.74. The highest BCUT2D eigenvalue weighted by Crippen LogP contribution is 2.25. The summed E-state index contributed by atoms with van der Waals surface area (Å²) in [6.07, 6.45) is 2.81. The number of hydrogen-bond donors (Lipinski definition) is 1. The minimum Gasteiger partial charge on any atom is -0.311 e. The Morgan fingerprint density at radius 3 is 2.68 bits per heavy atom. The fourth-order valence-electron chi connectivity index (χ4n) is 2.68. The Morgan fingerprint density at radius 2 is 2.16 bits per heavy atom. The summed E-state index contributed by atoms with van der Waals surface area (Å²) >= 11 is 0. The molecule has 108 valence electrons. The summed E-state index contributed by atoms with van der Waals surface area (Å²) in [4.78, 5) is 6.91. The molecule has 0 aromatic carbocycles. The number of piperazine rings is 1. The number of nitrogens with one attached hydrogen (secondary N) is 1. The second-order valence-corrected chi connectivity index (χ2v) is 6.62. The molecule has 5 nitrogen and oxygen atoms in total. The summed E-state index contributed by atoms with van der Waals surface area (Å²) in [6.45, 7) is 12.2. The zero-order valence-corrected chi connectivity index (χ0v) is 12.8. The Labute approximate surface area is 116 Å². The summed E-state index contributed by atoms with van der Waals surface area (Å²) in [5, 5.41) is 7.86. The van der Waals surface area contributed by atoms with E-state index in [0.717, 1.165) is 25.5 Å². The lowest BCUT2D eigenvalue weighted by Gasteiger charge is -2.44. The molecular formula is C14H27N5. The van der Waals surface area contributed by atoms with Gasteiger partial charge < -0.3 is 5.32 Å². The molecule has 1 fully saturated rings. The molecule has 0 bridgehead atoms. The molecule has 0 saturated carbocycles. The van der Waals surface area contributed by atoms with Crippen molar-refractivity contribution in [1.82, 2.24) is 25.0 Å². The third-order valence-corrected chi connectivity index (χ3v) is 4.20. The van der Waals surface area contributed by atoms with Gasteiger partial charge in [0.25, 0.3) is 0 Å². The van der Waals surface area contributed by atoms with Gasteiger partial charge in [-0.15, -0.1) is 0 Å². The SMILES string of the molecule is CCC1CNC(C(C)(C)C)CN1Cc1ncnn1C. The molecule has 19 heavy (non-hydrogen) atoms. The molecule has 0 aliphatic carbocycles. The van der Waals surface area contributed by atoms with E-state index < -0.39 is 0 Å². The highest BCUT2D eigenvalue weighted by atomic mass is 15.3. The Kier molecular flexibility index (Phi) is 4.26. The van der Waals surface area contributed by atoms with Crippen LogP contribution < -0.4 is 5.32 Å². The van der Waals surface area contributed by atoms with Crippen LogP contribution in [0.5, 0.6) is 0 Å². The summed E-state index contributed by atoms with van der Waals surface area (Å²) in [5.74, 6) is 1.05. The molecule has 5 heteroatoms. The van der Waals surface area contributed by atoms with Crippen LogP contribution in [0.15, 0.2) is 6.33 Å². The van der Waals surface area contributed by atoms with Gasteiger partial charge >= 0.3 is 0 Å². The molecule has 2 atom stereocenters. The van der Waals surface area contributed by atoms with Gasteiger partial charge in [0.1, 0.15) is 12.2 Å². The third-order valence-electron chi connectivity index (χ3n) is 4.20. The Bertz CT molecular complexity index is 406. The van der Waals surface area contributed by atoms with Crippen LogP contribution in [0.2, 0.25) is 0 Å². The van der Waals surface area contributed by atoms with Crippen LogP contribution in [0.4, 0.5) is 0 Å². The number of aryl methyl sites for hydroxylation is 1. The number of aromatic nitrogens is 3. The first-order chi connectivity index (χ1) is 8.91. The zero-order chi connectivity index (χ0) is 14.0. The molecule has 0 spiro atoms. The molecule has 1 saturated heterocycles. The lowest BCUT2D eigenvalue weighted by Crippen LogP contribution is -2.59. The van der Waals surface area contributed by atoms with Gasteiger partial charge in [0.15, 0.2) is 0 Å². The topological polar surface area (TPSA) is 46.0 Å². The van der Waals surface area contributed by atoms with E-state index in [1.165, 1.54) is 6.42 Å². The molecule has 2 unspecified atom stereocenters. The normalized spacial score (nSPS) is 25.7. The number of rotatable bonds is 3. The maximum absolute atomic E-state index is 4.36. The van der Waals surface area contributed by atoms with Crippen LogP contribution in [0.25, 0.3) is 0 Å². The van der Waals surface area contributed by atoms with Crippen molar-refractivity contribution in [2.45, 2.75) is 52.7 Å². The Hall–Kier alpha value is -0.940. The van der Waals surface area contributed by atoms with Crippen molar-refractivity contribution in [2.75, 3.05) is 13.1 Å². The van der Waals surface area contributed by atoms with Crippen molar-refractivity contribution in [3.05, 3.63) is 12.2 Å². The first-order valence-corrected chi connectivity index (χ1v) is 7.22. The standard InChI is InChI=1S/C14H27N5/c1-6-11-7-15-12(14(2,3)4)8-19(11)9-13-16-10-17-18(13)5/h10-12,15H,6-9H2,1-5H3. The molecule has 1 N–H and O–H groups in total. The highest BCUT2D eigenvalue weighted by molar-refractivity contribution is 4.94. The van der Waals surface area contributed by atoms with E-state index in [4.69, 9.17) is 0 Å². The predicted molar refractivity (Wildman–Crippen MR) is 76.7 cm³/mol. The van der Waals surface area contributed by atoms with E-state index in [1.807, 2.05) is 11.7 Å². The van der Waals surface area contributed by atoms with Crippen LogP contribution in [-0.2, 0) is 13.6 Å². The fraction of sp³-hybridized carbons (Fsp3) is 0.857. The monoisotopic (exact) mass is 265 g/mol. The maximum Gasteiger partial charge on any atom is 0.140 e. The minimum atomic E-state index is 0.289. The van der Waals surface area contributed by atoms with Crippen LogP contribution >= 0.6 is 0 Å². The molecule has 1 aromatic rings. The third kappa shape index (κ3) is 3.34. The van der Waals surface area contributed by atoms with Crippen LogP contribution in [0, 0.1) is 5.41 Å². The van der Waals surface area contributed by atoms with Crippen LogP contribution in [-0.4, -0.2) is 44.8 Å². The molecule has 1 aromatic heterocycles. The summed E-state index contributed by atoms with van der Waals surface area (Å²) in [6, 6.07) is 1.12. The Morgan fingerprint density at radius 1 is 1.42 bits per heavy atom. The van der Waals surface area contributed by atoms with E-state index in [-0.39, 0.29) is 5.41 Å². The van der Waals surface area contributed by atoms with Gasteiger partial charge in [0.05, 0.1) is 6.54 Å². The molecule has 1 aliphatic heterocycles. The molecule has 0 amide bonds. The quantitative estimate of drug-likeness (QED) is 0.897. The van der Waals surface area contributed by atoms with Crippen molar-refractivity contribution >= 4 is 0 Å². The lowest BCUT2D eigenvalue weighted by atomic mass is 9.84. The predicted octanol–water partition coefficient (Wildman–Crippen LogP) is 1.41. The van der Waals surface area contributed by atoms with Crippen molar-refractivity contribution in [3.63, 3.8) is 0 Å². The van der Waals surface area contributed by atoms with Crippen molar-refractivity contribution in [2.24, 2.45) is 12.5 Å². The summed E-state index contributed by atoms with van der Waals surface area (Å²) < 4.78 is 1.88. The van der Waals surface area contributed by atoms with Gasteiger partial charge in [-0.05, 0) is 11.8 Å². The molecule has 2 rings (SSSR count). The van der Waals surface area contributed by atoms with E-state index in [2.05, 4.69) is 48.0 Å². The van der Waals surface area contributed by atoms with Crippen LogP contribution in [0.3, 0.4) is 0 Å². The largest absolute Gasteiger partial charge is 0.311 e. The second kappa shape index (κ2) is 5.59. The average molecular weight is 265 g/mol. The van der Waals surface area contributed by atoms with Crippen LogP contribution in [0.1, 0.15) is 39.9 Å². The molecule has 2 heterocycles. The molecule has 0 radical (unpaired) electrons. The van der Waals surface area contributed by atoms with E-state index >= 15 is 0 Å². The number of hydrogen-bond acceptors (Lipinski definition) is 4. The zero-order valence-electron chi connectivity index (χ0n) is 12.8. The fourth-order valence-corrected chi connectivity index (χ4v) is 2.68. The summed E-state index contributed by atoms with van der Waals surface area (Å²) in [5.41, 5.74) is 0.289. The van der Waals surface area contributed by atoms with Gasteiger partial charge in [-0.25, -0.2) is 4.98 Å². The van der Waals surface area contributed by atoms with Crippen molar-refractivity contribution < 1.29 is 0 Å². The van der Waals surface area contributed by atoms with Gasteiger partial charge in [0.2, 0.25) is 0 Å². The van der Waals surface area contributed by atoms with Gasteiger partial charge in [0, 0.05) is 32.2 Å². The van der Waals surface area contributed by atoms with E-state index in [1.54, 1.807) is 6.33 Å². The van der Waals surface area contributed by atoms with Gasteiger partial charge in [-0.3, -0.25) is 9.58 Å². The van der Waals surface area contributed by atoms with Gasteiger partial charge in [-0.1, -0.05) is 27.7 Å². The Balaban J connectivity index is 2.08. The van der Waals surface area contributed by atoms with Crippen molar-refractivity contribution in [3.8, 4) is 0 Å². The number of nitrogens with zero attached hydrogens (tertiary/aromatic N) is 4. The van der Waals surface area contributed by atoms with Crippen molar-refractivity contribution in [1.29, 1.82) is 0 Å². The lowest BCUT2D eigenvalue weighted by molar-refractivity contribution is 0.0745. The molecular weight excluding hydrogens is 238 g/mol. The smallest absolute Gasteiger partial charge is 0.140 e. The second-order valence-electron chi connectivity index (χ2n) is 6.62. The first-order valence-electron chi connectivity index (χ1n) is 7.22. The first kappa shape index (κ1) is 14.5. The highest BCUT2D eigenvalue weighted by Gasteiger charge is 2.33. The van der Waals surface area contributed by atoms with Gasteiger partial charge in [-0.2, -0.15) is 5.10 Å².